The molecular weight excluding hydrogens is 325 g/mol. The summed E-state index contributed by atoms with van der Waals surface area (Å²) in [4.78, 5) is 25.4. The maximum atomic E-state index is 13.3. The molecule has 6 heteroatoms. The molecule has 2 aromatic carbocycles. The molecule has 0 N–H and O–H groups in total. The summed E-state index contributed by atoms with van der Waals surface area (Å²) in [5, 5.41) is 0. The number of rotatable bonds is 5. The summed E-state index contributed by atoms with van der Waals surface area (Å²) in [5.41, 5.74) is 1.44. The first-order valence-electron chi connectivity index (χ1n) is 7.96. The van der Waals surface area contributed by atoms with Gasteiger partial charge in [-0.05, 0) is 42.7 Å². The second kappa shape index (κ2) is 7.34. The first-order chi connectivity index (χ1) is 12.0. The molecule has 1 atom stereocenters. The summed E-state index contributed by atoms with van der Waals surface area (Å²) < 4.78 is 23.7. The molecule has 0 aromatic heterocycles. The van der Waals surface area contributed by atoms with Crippen LogP contribution in [0.25, 0.3) is 0 Å². The molecule has 1 unspecified atom stereocenters. The topological polar surface area (TPSA) is 55.8 Å². The number of imide groups is 1. The van der Waals surface area contributed by atoms with Gasteiger partial charge < -0.3 is 9.47 Å². The SMILES string of the molecule is Cc1cc(OCC(=O)N2C(=O)OCC2Cc2ccccc2)ccc1F. The fourth-order valence-corrected chi connectivity index (χ4v) is 2.72. The van der Waals surface area contributed by atoms with E-state index in [4.69, 9.17) is 9.47 Å². The number of hydrogen-bond acceptors (Lipinski definition) is 4. The molecule has 5 nitrogen and oxygen atoms in total. The van der Waals surface area contributed by atoms with E-state index in [0.29, 0.717) is 17.7 Å². The molecule has 0 bridgehead atoms. The van der Waals surface area contributed by atoms with Gasteiger partial charge in [-0.25, -0.2) is 14.1 Å². The Kier molecular flexibility index (Phi) is 4.97. The molecule has 0 aliphatic carbocycles. The van der Waals surface area contributed by atoms with Crippen molar-refractivity contribution < 1.29 is 23.5 Å². The van der Waals surface area contributed by atoms with Crippen LogP contribution >= 0.6 is 0 Å². The van der Waals surface area contributed by atoms with Crippen LogP contribution in [0.1, 0.15) is 11.1 Å². The van der Waals surface area contributed by atoms with Gasteiger partial charge in [0.05, 0.1) is 6.04 Å². The van der Waals surface area contributed by atoms with E-state index in [0.717, 1.165) is 10.5 Å². The molecule has 2 amide bonds. The van der Waals surface area contributed by atoms with Gasteiger partial charge >= 0.3 is 6.09 Å². The zero-order chi connectivity index (χ0) is 17.8. The standard InChI is InChI=1S/C19H18FNO4/c1-13-9-16(7-8-17(13)20)24-12-18(22)21-15(11-25-19(21)23)10-14-5-3-2-4-6-14/h2-9,15H,10-12H2,1H3. The number of carbonyl (C=O) groups is 2. The second-order valence-electron chi connectivity index (χ2n) is 5.88. The molecule has 1 aliphatic heterocycles. The lowest BCUT2D eigenvalue weighted by Gasteiger charge is -2.19. The predicted molar refractivity (Wildman–Crippen MR) is 88.8 cm³/mol. The normalized spacial score (nSPS) is 16.6. The summed E-state index contributed by atoms with van der Waals surface area (Å²) in [6.07, 6.45) is -0.140. The molecule has 25 heavy (non-hydrogen) atoms. The number of nitrogens with zero attached hydrogens (tertiary/aromatic N) is 1. The molecule has 1 saturated heterocycles. The number of cyclic esters (lactones) is 1. The monoisotopic (exact) mass is 343 g/mol. The van der Waals surface area contributed by atoms with Crippen molar-refractivity contribution in [3.8, 4) is 5.75 Å². The number of benzene rings is 2. The Bertz CT molecular complexity index is 778. The fraction of sp³-hybridized carbons (Fsp3) is 0.263. The smallest absolute Gasteiger partial charge is 0.417 e. The predicted octanol–water partition coefficient (Wildman–Crippen LogP) is 3.10. The summed E-state index contributed by atoms with van der Waals surface area (Å²) in [5.74, 6) is -0.449. The maximum absolute atomic E-state index is 13.3. The fourth-order valence-electron chi connectivity index (χ4n) is 2.72. The van der Waals surface area contributed by atoms with E-state index in [2.05, 4.69) is 0 Å². The first-order valence-corrected chi connectivity index (χ1v) is 7.96. The molecule has 2 aromatic rings. The Morgan fingerprint density at radius 2 is 2.04 bits per heavy atom. The van der Waals surface area contributed by atoms with Crippen molar-refractivity contribution in [2.24, 2.45) is 0 Å². The summed E-state index contributed by atoms with van der Waals surface area (Å²) in [6.45, 7) is 1.46. The third-order valence-corrected chi connectivity index (χ3v) is 4.04. The van der Waals surface area contributed by atoms with Crippen LogP contribution in [0.5, 0.6) is 5.75 Å². The van der Waals surface area contributed by atoms with Crippen LogP contribution in [0.4, 0.5) is 9.18 Å². The Labute approximate surface area is 145 Å². The minimum Gasteiger partial charge on any atom is -0.484 e. The third kappa shape index (κ3) is 3.96. The molecule has 3 rings (SSSR count). The van der Waals surface area contributed by atoms with Crippen molar-refractivity contribution in [2.45, 2.75) is 19.4 Å². The lowest BCUT2D eigenvalue weighted by atomic mass is 10.1. The average molecular weight is 343 g/mol. The molecule has 0 radical (unpaired) electrons. The number of halogens is 1. The zero-order valence-corrected chi connectivity index (χ0v) is 13.8. The van der Waals surface area contributed by atoms with Crippen molar-refractivity contribution in [1.82, 2.24) is 4.90 Å². The molecule has 1 fully saturated rings. The van der Waals surface area contributed by atoms with E-state index in [9.17, 15) is 14.0 Å². The number of aryl methyl sites for hydroxylation is 1. The minimum absolute atomic E-state index is 0.162. The Hall–Kier alpha value is -2.89. The quantitative estimate of drug-likeness (QED) is 0.837. The van der Waals surface area contributed by atoms with E-state index in [1.807, 2.05) is 30.3 Å². The van der Waals surface area contributed by atoms with Crippen molar-refractivity contribution in [3.05, 3.63) is 65.5 Å². The van der Waals surface area contributed by atoms with Gasteiger partial charge in [0, 0.05) is 0 Å². The summed E-state index contributed by atoms with van der Waals surface area (Å²) in [6, 6.07) is 13.4. The molecular formula is C19H18FNO4. The summed E-state index contributed by atoms with van der Waals surface area (Å²) >= 11 is 0. The van der Waals surface area contributed by atoms with Crippen molar-refractivity contribution >= 4 is 12.0 Å². The first kappa shape index (κ1) is 17.0. The van der Waals surface area contributed by atoms with Crippen LogP contribution in [-0.2, 0) is 16.0 Å². The van der Waals surface area contributed by atoms with E-state index in [-0.39, 0.29) is 25.1 Å². The highest BCUT2D eigenvalue weighted by molar-refractivity contribution is 5.94. The van der Waals surface area contributed by atoms with Crippen LogP contribution in [0.15, 0.2) is 48.5 Å². The van der Waals surface area contributed by atoms with Gasteiger partial charge in [0.2, 0.25) is 0 Å². The van der Waals surface area contributed by atoms with E-state index >= 15 is 0 Å². The number of amides is 2. The molecule has 0 saturated carbocycles. The van der Waals surface area contributed by atoms with E-state index in [1.165, 1.54) is 18.2 Å². The van der Waals surface area contributed by atoms with Crippen LogP contribution < -0.4 is 4.74 Å². The zero-order valence-electron chi connectivity index (χ0n) is 13.8. The maximum Gasteiger partial charge on any atom is 0.417 e. The molecule has 1 aliphatic rings. The molecule has 0 spiro atoms. The largest absolute Gasteiger partial charge is 0.484 e. The Balaban J connectivity index is 1.64. The summed E-state index contributed by atoms with van der Waals surface area (Å²) in [7, 11) is 0. The third-order valence-electron chi connectivity index (χ3n) is 4.04. The van der Waals surface area contributed by atoms with Gasteiger partial charge in [-0.15, -0.1) is 0 Å². The molecule has 1 heterocycles. The van der Waals surface area contributed by atoms with Crippen LogP contribution in [0.2, 0.25) is 0 Å². The second-order valence-corrected chi connectivity index (χ2v) is 5.88. The highest BCUT2D eigenvalue weighted by Gasteiger charge is 2.37. The lowest BCUT2D eigenvalue weighted by molar-refractivity contribution is -0.131. The molecule has 130 valence electrons. The number of hydrogen-bond donors (Lipinski definition) is 0. The number of carbonyl (C=O) groups excluding carboxylic acids is 2. The van der Waals surface area contributed by atoms with Crippen molar-refractivity contribution in [3.63, 3.8) is 0 Å². The minimum atomic E-state index is -0.662. The van der Waals surface area contributed by atoms with Gasteiger partial charge in [-0.3, -0.25) is 4.79 Å². The van der Waals surface area contributed by atoms with Gasteiger partial charge in [-0.2, -0.15) is 0 Å². The van der Waals surface area contributed by atoms with Crippen LogP contribution in [0.3, 0.4) is 0 Å². The van der Waals surface area contributed by atoms with Crippen LogP contribution in [0, 0.1) is 12.7 Å². The average Bonchev–Trinajstić information content (AvgIpc) is 2.97. The number of ether oxygens (including phenoxy) is 2. The lowest BCUT2D eigenvalue weighted by Crippen LogP contribution is -2.42. The van der Waals surface area contributed by atoms with Gasteiger partial charge in [0.25, 0.3) is 5.91 Å². The van der Waals surface area contributed by atoms with Crippen molar-refractivity contribution in [1.29, 1.82) is 0 Å². The highest BCUT2D eigenvalue weighted by Crippen LogP contribution is 2.19. The van der Waals surface area contributed by atoms with Crippen molar-refractivity contribution in [2.75, 3.05) is 13.2 Å². The van der Waals surface area contributed by atoms with E-state index in [1.54, 1.807) is 6.92 Å². The highest BCUT2D eigenvalue weighted by atomic mass is 19.1. The van der Waals surface area contributed by atoms with Crippen LogP contribution in [-0.4, -0.2) is 36.2 Å². The Morgan fingerprint density at radius 3 is 2.76 bits per heavy atom. The van der Waals surface area contributed by atoms with Gasteiger partial charge in [0.1, 0.15) is 18.2 Å². The van der Waals surface area contributed by atoms with Gasteiger partial charge in [0.15, 0.2) is 6.61 Å². The Morgan fingerprint density at radius 1 is 1.28 bits per heavy atom. The van der Waals surface area contributed by atoms with E-state index < -0.39 is 12.0 Å². The van der Waals surface area contributed by atoms with Gasteiger partial charge in [-0.1, -0.05) is 30.3 Å².